The summed E-state index contributed by atoms with van der Waals surface area (Å²) in [7, 11) is 0. The minimum absolute atomic E-state index is 0.175. The number of rotatable bonds is 4. The fraction of sp³-hybridized carbons (Fsp3) is 0.429. The monoisotopic (exact) mass is 201 g/mol. The summed E-state index contributed by atoms with van der Waals surface area (Å²) >= 11 is 0. The van der Waals surface area contributed by atoms with Gasteiger partial charge in [-0.15, -0.1) is 6.58 Å². The molecule has 0 aliphatic heterocycles. The molecule has 2 N–H and O–H groups in total. The van der Waals surface area contributed by atoms with Gasteiger partial charge in [-0.3, -0.25) is 0 Å². The molecule has 1 aliphatic carbocycles. The molecule has 1 aromatic rings. The molecule has 0 saturated carbocycles. The lowest BCUT2D eigenvalue weighted by molar-refractivity contribution is 0.660. The molecule has 1 aliphatic rings. The Labute approximate surface area is 92.0 Å². The highest BCUT2D eigenvalue weighted by Gasteiger charge is 2.13. The van der Waals surface area contributed by atoms with Crippen LogP contribution in [0.4, 0.5) is 0 Å². The maximum atomic E-state index is 6.13. The van der Waals surface area contributed by atoms with Gasteiger partial charge in [0.2, 0.25) is 0 Å². The first-order chi connectivity index (χ1) is 7.31. The van der Waals surface area contributed by atoms with Gasteiger partial charge in [-0.2, -0.15) is 0 Å². The summed E-state index contributed by atoms with van der Waals surface area (Å²) in [6, 6.07) is 6.92. The van der Waals surface area contributed by atoms with Crippen LogP contribution in [0, 0.1) is 0 Å². The average molecular weight is 201 g/mol. The Morgan fingerprint density at radius 3 is 2.93 bits per heavy atom. The predicted octanol–water partition coefficient (Wildman–Crippen LogP) is 3.14. The highest BCUT2D eigenvalue weighted by Crippen LogP contribution is 2.26. The molecule has 0 bridgehead atoms. The molecule has 0 spiro atoms. The Morgan fingerprint density at radius 1 is 1.33 bits per heavy atom. The summed E-state index contributed by atoms with van der Waals surface area (Å²) in [5.74, 6) is 0. The zero-order chi connectivity index (χ0) is 10.7. The van der Waals surface area contributed by atoms with Gasteiger partial charge in [-0.05, 0) is 48.8 Å². The second-order valence-electron chi connectivity index (χ2n) is 4.35. The van der Waals surface area contributed by atoms with Crippen molar-refractivity contribution in [2.75, 3.05) is 0 Å². The molecule has 15 heavy (non-hydrogen) atoms. The van der Waals surface area contributed by atoms with E-state index in [2.05, 4.69) is 24.8 Å². The Kier molecular flexibility index (Phi) is 3.22. The summed E-state index contributed by atoms with van der Waals surface area (Å²) in [5, 5.41) is 0. The lowest BCUT2D eigenvalue weighted by Crippen LogP contribution is -2.10. The first-order valence-electron chi connectivity index (χ1n) is 5.79. The predicted molar refractivity (Wildman–Crippen MR) is 64.8 cm³/mol. The second kappa shape index (κ2) is 4.63. The number of nitrogens with two attached hydrogens (primary N) is 1. The first-order valence-corrected chi connectivity index (χ1v) is 5.79. The van der Waals surface area contributed by atoms with Crippen LogP contribution in [0.2, 0.25) is 0 Å². The molecule has 80 valence electrons. The van der Waals surface area contributed by atoms with Gasteiger partial charge in [0, 0.05) is 6.04 Å². The summed E-state index contributed by atoms with van der Waals surface area (Å²) in [4.78, 5) is 0. The number of hydrogen-bond donors (Lipinski definition) is 1. The molecule has 0 aromatic heterocycles. The summed E-state index contributed by atoms with van der Waals surface area (Å²) in [6.07, 6.45) is 7.73. The van der Waals surface area contributed by atoms with Gasteiger partial charge in [-0.25, -0.2) is 0 Å². The molecule has 1 unspecified atom stereocenters. The summed E-state index contributed by atoms with van der Waals surface area (Å²) in [6.45, 7) is 3.73. The van der Waals surface area contributed by atoms with Gasteiger partial charge in [-0.1, -0.05) is 24.3 Å². The molecular weight excluding hydrogens is 182 g/mol. The van der Waals surface area contributed by atoms with Crippen LogP contribution in [-0.4, -0.2) is 0 Å². The lowest BCUT2D eigenvalue weighted by atomic mass is 9.99. The van der Waals surface area contributed by atoms with Crippen molar-refractivity contribution in [3.8, 4) is 0 Å². The van der Waals surface area contributed by atoms with Gasteiger partial charge in [0.1, 0.15) is 0 Å². The highest BCUT2D eigenvalue weighted by atomic mass is 14.6. The van der Waals surface area contributed by atoms with Crippen molar-refractivity contribution in [1.29, 1.82) is 0 Å². The van der Waals surface area contributed by atoms with Crippen molar-refractivity contribution in [3.63, 3.8) is 0 Å². The van der Waals surface area contributed by atoms with E-state index >= 15 is 0 Å². The number of hydrogen-bond acceptors (Lipinski definition) is 1. The summed E-state index contributed by atoms with van der Waals surface area (Å²) in [5.41, 5.74) is 10.5. The molecule has 0 saturated heterocycles. The highest BCUT2D eigenvalue weighted by molar-refractivity contribution is 5.36. The first kappa shape index (κ1) is 10.4. The number of fused-ring (bicyclic) bond motifs is 1. The van der Waals surface area contributed by atoms with Crippen molar-refractivity contribution >= 4 is 0 Å². The van der Waals surface area contributed by atoms with Crippen LogP contribution in [0.25, 0.3) is 0 Å². The number of benzene rings is 1. The quantitative estimate of drug-likeness (QED) is 0.744. The van der Waals surface area contributed by atoms with Crippen molar-refractivity contribution in [3.05, 3.63) is 47.5 Å². The van der Waals surface area contributed by atoms with Crippen LogP contribution in [0.3, 0.4) is 0 Å². The van der Waals surface area contributed by atoms with E-state index in [0.29, 0.717) is 0 Å². The number of aryl methyl sites for hydroxylation is 2. The average Bonchev–Trinajstić information content (AvgIpc) is 2.72. The topological polar surface area (TPSA) is 26.0 Å². The molecule has 0 fully saturated rings. The summed E-state index contributed by atoms with van der Waals surface area (Å²) < 4.78 is 0. The zero-order valence-electron chi connectivity index (χ0n) is 9.21. The van der Waals surface area contributed by atoms with Gasteiger partial charge >= 0.3 is 0 Å². The van der Waals surface area contributed by atoms with E-state index in [1.807, 2.05) is 6.08 Å². The van der Waals surface area contributed by atoms with E-state index in [1.165, 1.54) is 36.0 Å². The van der Waals surface area contributed by atoms with Crippen molar-refractivity contribution in [1.82, 2.24) is 0 Å². The Bertz CT molecular complexity index is 354. The standard InChI is InChI=1S/C14H19N/c1-2-3-7-14(15)13-9-8-11-5-4-6-12(11)10-13/h2,8-10,14H,1,3-7,15H2. The van der Waals surface area contributed by atoms with Gasteiger partial charge < -0.3 is 5.73 Å². The molecule has 1 heteroatoms. The van der Waals surface area contributed by atoms with Crippen molar-refractivity contribution < 1.29 is 0 Å². The van der Waals surface area contributed by atoms with Crippen LogP contribution in [0.5, 0.6) is 0 Å². The van der Waals surface area contributed by atoms with Crippen LogP contribution in [-0.2, 0) is 12.8 Å². The van der Waals surface area contributed by atoms with E-state index in [1.54, 1.807) is 0 Å². The van der Waals surface area contributed by atoms with Crippen LogP contribution in [0.15, 0.2) is 30.9 Å². The molecule has 0 amide bonds. The normalized spacial score (nSPS) is 16.1. The van der Waals surface area contributed by atoms with E-state index < -0.39 is 0 Å². The third-order valence-corrected chi connectivity index (χ3v) is 3.23. The minimum Gasteiger partial charge on any atom is -0.324 e. The van der Waals surface area contributed by atoms with E-state index in [4.69, 9.17) is 5.73 Å². The van der Waals surface area contributed by atoms with Crippen LogP contribution >= 0.6 is 0 Å². The van der Waals surface area contributed by atoms with Crippen molar-refractivity contribution in [2.45, 2.75) is 38.1 Å². The third-order valence-electron chi connectivity index (χ3n) is 3.23. The maximum Gasteiger partial charge on any atom is 0.0297 e. The smallest absolute Gasteiger partial charge is 0.0297 e. The Hall–Kier alpha value is -1.08. The maximum absolute atomic E-state index is 6.13. The minimum atomic E-state index is 0.175. The molecular formula is C14H19N. The van der Waals surface area contributed by atoms with E-state index in [0.717, 1.165) is 12.8 Å². The fourth-order valence-corrected chi connectivity index (χ4v) is 2.29. The van der Waals surface area contributed by atoms with Crippen molar-refractivity contribution in [2.24, 2.45) is 5.73 Å². The van der Waals surface area contributed by atoms with E-state index in [-0.39, 0.29) is 6.04 Å². The second-order valence-corrected chi connectivity index (χ2v) is 4.35. The zero-order valence-corrected chi connectivity index (χ0v) is 9.21. The Balaban J connectivity index is 2.11. The van der Waals surface area contributed by atoms with Crippen LogP contribution in [0.1, 0.15) is 42.0 Å². The largest absolute Gasteiger partial charge is 0.324 e. The SMILES string of the molecule is C=CCCC(N)c1ccc2c(c1)CCC2. The Morgan fingerprint density at radius 2 is 2.13 bits per heavy atom. The van der Waals surface area contributed by atoms with E-state index in [9.17, 15) is 0 Å². The van der Waals surface area contributed by atoms with Gasteiger partial charge in [0.05, 0.1) is 0 Å². The van der Waals surface area contributed by atoms with Crippen LogP contribution < -0.4 is 5.73 Å². The molecule has 2 rings (SSSR count). The molecule has 1 atom stereocenters. The number of allylic oxidation sites excluding steroid dienone is 1. The fourth-order valence-electron chi connectivity index (χ4n) is 2.29. The molecule has 0 heterocycles. The molecule has 0 radical (unpaired) electrons. The third kappa shape index (κ3) is 2.29. The van der Waals surface area contributed by atoms with Gasteiger partial charge in [0.25, 0.3) is 0 Å². The lowest BCUT2D eigenvalue weighted by Gasteiger charge is -2.12. The van der Waals surface area contributed by atoms with Gasteiger partial charge in [0.15, 0.2) is 0 Å². The molecule has 1 nitrogen and oxygen atoms in total. The molecule has 1 aromatic carbocycles.